The summed E-state index contributed by atoms with van der Waals surface area (Å²) in [6.07, 6.45) is -9.51. The molecule has 2 aliphatic heterocycles. The monoisotopic (exact) mass is 300 g/mol. The quantitative estimate of drug-likeness (QED) is 0.245. The fourth-order valence-corrected chi connectivity index (χ4v) is 1.76. The number of hydrogen-bond donors (Lipinski definition) is 8. The minimum atomic E-state index is -1.38. The summed E-state index contributed by atoms with van der Waals surface area (Å²) in [6.45, 7) is -0.815. The fourth-order valence-electron chi connectivity index (χ4n) is 1.76. The topological polar surface area (TPSA) is 180 Å². The van der Waals surface area contributed by atoms with Gasteiger partial charge in [-0.05, 0) is 0 Å². The lowest BCUT2D eigenvalue weighted by Crippen LogP contribution is -2.33. The molecule has 2 heterocycles. The van der Waals surface area contributed by atoms with Crippen molar-refractivity contribution in [3.05, 3.63) is 0 Å². The van der Waals surface area contributed by atoms with Crippen molar-refractivity contribution in [2.45, 2.75) is 49.2 Å². The van der Waals surface area contributed by atoms with Crippen LogP contribution in [0.4, 0.5) is 0 Å². The zero-order valence-electron chi connectivity index (χ0n) is 10.4. The molecule has 0 aromatic heterocycles. The van der Waals surface area contributed by atoms with Crippen LogP contribution in [-0.2, 0) is 9.47 Å². The lowest BCUT2D eigenvalue weighted by molar-refractivity contribution is -0.133. The van der Waals surface area contributed by atoms with Gasteiger partial charge in [0, 0.05) is 0 Å². The third-order valence-corrected chi connectivity index (χ3v) is 3.03. The molecule has 0 amide bonds. The average Bonchev–Trinajstić information content (AvgIpc) is 2.84. The largest absolute Gasteiger partial charge is 0.394 e. The van der Waals surface area contributed by atoms with E-state index in [4.69, 9.17) is 40.9 Å². The smallest absolute Gasteiger partial charge is 0.184 e. The molecule has 0 aromatic rings. The summed E-state index contributed by atoms with van der Waals surface area (Å²) in [7, 11) is 0. The summed E-state index contributed by atoms with van der Waals surface area (Å²) >= 11 is 0. The van der Waals surface area contributed by atoms with Gasteiger partial charge in [-0.2, -0.15) is 0 Å². The Morgan fingerprint density at radius 3 is 0.950 bits per heavy atom. The zero-order valence-corrected chi connectivity index (χ0v) is 10.4. The average molecular weight is 300 g/mol. The van der Waals surface area contributed by atoms with Crippen molar-refractivity contribution in [2.75, 3.05) is 13.2 Å². The summed E-state index contributed by atoms with van der Waals surface area (Å²) in [5.74, 6) is 0. The van der Waals surface area contributed by atoms with Crippen LogP contribution in [0.3, 0.4) is 0 Å². The van der Waals surface area contributed by atoms with Gasteiger partial charge in [-0.25, -0.2) is 0 Å². The first-order valence-electron chi connectivity index (χ1n) is 5.94. The summed E-state index contributed by atoms with van der Waals surface area (Å²) in [5, 5.41) is 69.9. The Balaban J connectivity index is 0.000000200. The number of ether oxygens (including phenoxy) is 2. The highest BCUT2D eigenvalue weighted by Crippen LogP contribution is 2.19. The van der Waals surface area contributed by atoms with Crippen molar-refractivity contribution >= 4 is 0 Å². The summed E-state index contributed by atoms with van der Waals surface area (Å²) < 4.78 is 9.08. The van der Waals surface area contributed by atoms with Gasteiger partial charge >= 0.3 is 0 Å². The minimum absolute atomic E-state index is 0.407. The molecule has 2 aliphatic rings. The molecule has 0 bridgehead atoms. The first-order valence-corrected chi connectivity index (χ1v) is 5.94. The standard InChI is InChI=1S/2C5H10O5/c2*6-1-2-3(7)4(8)5(9)10-2/h2*2-9H,1H2. The second kappa shape index (κ2) is 7.56. The van der Waals surface area contributed by atoms with Gasteiger partial charge in [-0.3, -0.25) is 0 Å². The molecule has 0 aromatic carbocycles. The summed E-state index contributed by atoms with van der Waals surface area (Å²) in [6, 6.07) is 0. The van der Waals surface area contributed by atoms with Crippen LogP contribution in [0.25, 0.3) is 0 Å². The van der Waals surface area contributed by atoms with Crippen molar-refractivity contribution in [1.29, 1.82) is 0 Å². The minimum Gasteiger partial charge on any atom is -0.394 e. The number of rotatable bonds is 2. The van der Waals surface area contributed by atoms with Crippen LogP contribution in [0.2, 0.25) is 0 Å². The number of aliphatic hydroxyl groups excluding tert-OH is 8. The molecular weight excluding hydrogens is 280 g/mol. The van der Waals surface area contributed by atoms with E-state index in [1.165, 1.54) is 0 Å². The van der Waals surface area contributed by atoms with Gasteiger partial charge in [0.25, 0.3) is 0 Å². The highest BCUT2D eigenvalue weighted by Gasteiger charge is 2.41. The van der Waals surface area contributed by atoms with Crippen LogP contribution in [0, 0.1) is 0 Å². The van der Waals surface area contributed by atoms with Crippen molar-refractivity contribution in [3.63, 3.8) is 0 Å². The molecule has 8 unspecified atom stereocenters. The first-order chi connectivity index (χ1) is 9.33. The summed E-state index contributed by atoms with van der Waals surface area (Å²) in [4.78, 5) is 0. The van der Waals surface area contributed by atoms with E-state index in [-0.39, 0.29) is 0 Å². The van der Waals surface area contributed by atoms with E-state index in [1.807, 2.05) is 0 Å². The van der Waals surface area contributed by atoms with E-state index in [2.05, 4.69) is 9.47 Å². The van der Waals surface area contributed by atoms with Crippen LogP contribution in [0.5, 0.6) is 0 Å². The van der Waals surface area contributed by atoms with E-state index < -0.39 is 62.4 Å². The molecule has 0 spiro atoms. The Morgan fingerprint density at radius 2 is 0.850 bits per heavy atom. The van der Waals surface area contributed by atoms with Crippen LogP contribution in [0.15, 0.2) is 0 Å². The number of hydrogen-bond acceptors (Lipinski definition) is 10. The Bertz CT molecular complexity index is 261. The Hall–Kier alpha value is -0.400. The maximum atomic E-state index is 8.93. The predicted octanol–water partition coefficient (Wildman–Crippen LogP) is -5.16. The van der Waals surface area contributed by atoms with E-state index in [0.29, 0.717) is 0 Å². The van der Waals surface area contributed by atoms with E-state index in [0.717, 1.165) is 0 Å². The predicted molar refractivity (Wildman–Crippen MR) is 60.0 cm³/mol. The lowest BCUT2D eigenvalue weighted by Gasteiger charge is -2.09. The molecule has 20 heavy (non-hydrogen) atoms. The highest BCUT2D eigenvalue weighted by atomic mass is 16.7. The van der Waals surface area contributed by atoms with Gasteiger partial charge in [0.15, 0.2) is 12.6 Å². The Morgan fingerprint density at radius 1 is 0.550 bits per heavy atom. The summed E-state index contributed by atoms with van der Waals surface area (Å²) in [5.41, 5.74) is 0. The Labute approximate surface area is 114 Å². The fraction of sp³-hybridized carbons (Fsp3) is 1.00. The molecule has 120 valence electrons. The third kappa shape index (κ3) is 3.83. The van der Waals surface area contributed by atoms with Gasteiger partial charge in [0.2, 0.25) is 0 Å². The van der Waals surface area contributed by atoms with Gasteiger partial charge in [0.05, 0.1) is 13.2 Å². The molecule has 2 saturated heterocycles. The van der Waals surface area contributed by atoms with Gasteiger partial charge in [-0.15, -0.1) is 0 Å². The van der Waals surface area contributed by atoms with Gasteiger partial charge in [-0.1, -0.05) is 0 Å². The second-order valence-corrected chi connectivity index (χ2v) is 4.46. The Kier molecular flexibility index (Phi) is 6.68. The molecule has 2 rings (SSSR count). The van der Waals surface area contributed by atoms with Gasteiger partial charge < -0.3 is 50.3 Å². The highest BCUT2D eigenvalue weighted by molar-refractivity contribution is 4.85. The molecule has 8 atom stereocenters. The van der Waals surface area contributed by atoms with Crippen LogP contribution >= 0.6 is 0 Å². The molecule has 8 N–H and O–H groups in total. The molecule has 0 radical (unpaired) electrons. The lowest BCUT2D eigenvalue weighted by atomic mass is 10.1. The number of aliphatic hydroxyl groups is 8. The van der Waals surface area contributed by atoms with Crippen LogP contribution in [0.1, 0.15) is 0 Å². The van der Waals surface area contributed by atoms with E-state index in [1.54, 1.807) is 0 Å². The first kappa shape index (κ1) is 17.7. The van der Waals surface area contributed by atoms with Crippen molar-refractivity contribution in [2.24, 2.45) is 0 Å². The van der Waals surface area contributed by atoms with Crippen LogP contribution in [-0.4, -0.2) is 103 Å². The van der Waals surface area contributed by atoms with E-state index >= 15 is 0 Å². The molecule has 0 saturated carbocycles. The molecule has 2 fully saturated rings. The SMILES string of the molecule is OCC1OC(O)C(O)C1O.OCC1OC(O)C(O)C1O. The third-order valence-electron chi connectivity index (χ3n) is 3.03. The van der Waals surface area contributed by atoms with Gasteiger partial charge in [0.1, 0.15) is 36.6 Å². The molecular formula is C10H20O10. The van der Waals surface area contributed by atoms with E-state index in [9.17, 15) is 0 Å². The van der Waals surface area contributed by atoms with Crippen molar-refractivity contribution < 1.29 is 50.3 Å². The zero-order chi connectivity index (χ0) is 15.4. The molecule has 10 heteroatoms. The second-order valence-electron chi connectivity index (χ2n) is 4.46. The van der Waals surface area contributed by atoms with Crippen molar-refractivity contribution in [1.82, 2.24) is 0 Å². The molecule has 0 aliphatic carbocycles. The maximum absolute atomic E-state index is 8.93. The van der Waals surface area contributed by atoms with Crippen molar-refractivity contribution in [3.8, 4) is 0 Å². The molecule has 10 nitrogen and oxygen atoms in total. The maximum Gasteiger partial charge on any atom is 0.184 e. The normalized spacial score (nSPS) is 48.0. The van der Waals surface area contributed by atoms with Crippen LogP contribution < -0.4 is 0 Å².